The van der Waals surface area contributed by atoms with Gasteiger partial charge in [-0.3, -0.25) is 4.72 Å². The molecule has 0 radical (unpaired) electrons. The average Bonchev–Trinajstić information content (AvgIpc) is 2.30. The molecule has 1 aromatic carbocycles. The summed E-state index contributed by atoms with van der Waals surface area (Å²) in [6.45, 7) is 1.65. The first-order chi connectivity index (χ1) is 9.31. The van der Waals surface area contributed by atoms with Gasteiger partial charge in [0.2, 0.25) is 0 Å². The first-order valence-corrected chi connectivity index (χ1v) is 7.68. The zero-order valence-corrected chi connectivity index (χ0v) is 12.6. The zero-order chi connectivity index (χ0) is 14.9. The van der Waals surface area contributed by atoms with Crippen molar-refractivity contribution in [1.29, 1.82) is 0 Å². The van der Waals surface area contributed by atoms with Gasteiger partial charge in [0.25, 0.3) is 10.0 Å². The minimum Gasteiger partial charge on any atom is -0.263 e. The van der Waals surface area contributed by atoms with Crippen molar-refractivity contribution in [3.63, 3.8) is 0 Å². The lowest BCUT2D eigenvalue weighted by atomic mass is 10.3. The number of hydrogen-bond acceptors (Lipinski definition) is 3. The van der Waals surface area contributed by atoms with E-state index >= 15 is 0 Å². The predicted molar refractivity (Wildman–Crippen MR) is 73.8 cm³/mol. The number of aryl methyl sites for hydroxylation is 1. The van der Waals surface area contributed by atoms with E-state index in [2.05, 4.69) is 25.6 Å². The predicted octanol–water partition coefficient (Wildman–Crippen LogP) is 3.23. The van der Waals surface area contributed by atoms with Crippen molar-refractivity contribution < 1.29 is 17.2 Å². The Hall–Kier alpha value is -1.54. The van der Waals surface area contributed by atoms with Gasteiger partial charge in [0.05, 0.1) is 0 Å². The number of anilines is 1. The van der Waals surface area contributed by atoms with Gasteiger partial charge in [0.1, 0.15) is 22.3 Å². The second-order valence-corrected chi connectivity index (χ2v) is 6.45. The fourth-order valence-corrected chi connectivity index (χ4v) is 3.81. The van der Waals surface area contributed by atoms with E-state index in [0.29, 0.717) is 11.6 Å². The number of hydrogen-bond donors (Lipinski definition) is 1. The lowest BCUT2D eigenvalue weighted by Gasteiger charge is -2.11. The van der Waals surface area contributed by atoms with Crippen LogP contribution in [0.15, 0.2) is 39.8 Å². The van der Waals surface area contributed by atoms with E-state index in [-0.39, 0.29) is 10.3 Å². The molecule has 1 aromatic heterocycles. The van der Waals surface area contributed by atoms with Gasteiger partial charge in [0, 0.05) is 16.7 Å². The summed E-state index contributed by atoms with van der Waals surface area (Å²) < 4.78 is 53.0. The normalized spacial score (nSPS) is 11.4. The second kappa shape index (κ2) is 5.45. The van der Waals surface area contributed by atoms with Crippen molar-refractivity contribution in [2.24, 2.45) is 0 Å². The van der Waals surface area contributed by atoms with Crippen LogP contribution < -0.4 is 4.72 Å². The van der Waals surface area contributed by atoms with Gasteiger partial charge in [-0.15, -0.1) is 0 Å². The van der Waals surface area contributed by atoms with Gasteiger partial charge >= 0.3 is 0 Å². The quantitative estimate of drug-likeness (QED) is 0.911. The third kappa shape index (κ3) is 2.96. The summed E-state index contributed by atoms with van der Waals surface area (Å²) in [5.74, 6) is -1.97. The number of pyridine rings is 1. The van der Waals surface area contributed by atoms with Crippen molar-refractivity contribution in [2.75, 3.05) is 4.72 Å². The lowest BCUT2D eigenvalue weighted by molar-refractivity contribution is 0.548. The molecular weight excluding hydrogens is 354 g/mol. The molecule has 106 valence electrons. The van der Waals surface area contributed by atoms with Gasteiger partial charge < -0.3 is 0 Å². The highest BCUT2D eigenvalue weighted by Gasteiger charge is 2.24. The Morgan fingerprint density at radius 1 is 1.30 bits per heavy atom. The van der Waals surface area contributed by atoms with Crippen LogP contribution in [-0.4, -0.2) is 13.4 Å². The monoisotopic (exact) mass is 362 g/mol. The summed E-state index contributed by atoms with van der Waals surface area (Å²) in [7, 11) is -4.21. The van der Waals surface area contributed by atoms with Gasteiger partial charge in [-0.25, -0.2) is 22.2 Å². The lowest BCUT2D eigenvalue weighted by Crippen LogP contribution is -2.17. The molecule has 0 spiro atoms. The van der Waals surface area contributed by atoms with Crippen LogP contribution in [0.3, 0.4) is 0 Å². The Morgan fingerprint density at radius 3 is 2.60 bits per heavy atom. The molecule has 0 bridgehead atoms. The van der Waals surface area contributed by atoms with Crippen LogP contribution in [0.25, 0.3) is 0 Å². The van der Waals surface area contributed by atoms with Gasteiger partial charge in [-0.05, 0) is 40.5 Å². The molecule has 1 N–H and O–H groups in total. The molecule has 0 aliphatic heterocycles. The molecular formula is C12H9BrF2N2O2S. The molecule has 8 heteroatoms. The maximum absolute atomic E-state index is 13.7. The summed E-state index contributed by atoms with van der Waals surface area (Å²) in [6.07, 6.45) is 1.40. The van der Waals surface area contributed by atoms with E-state index < -0.39 is 26.6 Å². The molecule has 2 rings (SSSR count). The minimum atomic E-state index is -4.21. The van der Waals surface area contributed by atoms with Gasteiger partial charge in [-0.1, -0.05) is 6.07 Å². The van der Waals surface area contributed by atoms with Crippen molar-refractivity contribution in [2.45, 2.75) is 11.8 Å². The smallest absolute Gasteiger partial charge is 0.263 e. The SMILES string of the molecule is Cc1cccnc1NS(=O)(=O)c1c(F)cc(F)cc1Br. The number of sulfonamides is 1. The van der Waals surface area contributed by atoms with Crippen molar-refractivity contribution in [1.82, 2.24) is 4.98 Å². The fourth-order valence-electron chi connectivity index (χ4n) is 1.56. The minimum absolute atomic E-state index is 0.0862. The molecule has 4 nitrogen and oxygen atoms in total. The molecule has 2 aromatic rings. The average molecular weight is 363 g/mol. The first-order valence-electron chi connectivity index (χ1n) is 5.40. The molecule has 0 aliphatic rings. The Labute approximate surface area is 123 Å². The highest BCUT2D eigenvalue weighted by Crippen LogP contribution is 2.28. The van der Waals surface area contributed by atoms with E-state index in [4.69, 9.17) is 0 Å². The zero-order valence-electron chi connectivity index (χ0n) is 10.2. The van der Waals surface area contributed by atoms with Crippen LogP contribution in [0, 0.1) is 18.6 Å². The van der Waals surface area contributed by atoms with E-state index in [0.717, 1.165) is 6.07 Å². The summed E-state index contributed by atoms with van der Waals surface area (Å²) in [4.78, 5) is 3.20. The largest absolute Gasteiger partial charge is 0.267 e. The van der Waals surface area contributed by atoms with E-state index in [1.807, 2.05) is 0 Å². The van der Waals surface area contributed by atoms with Gasteiger partial charge in [-0.2, -0.15) is 0 Å². The van der Waals surface area contributed by atoms with Crippen molar-refractivity contribution >= 4 is 31.8 Å². The highest BCUT2D eigenvalue weighted by atomic mass is 79.9. The summed E-state index contributed by atoms with van der Waals surface area (Å²) >= 11 is 2.85. The van der Waals surface area contributed by atoms with Crippen LogP contribution in [-0.2, 0) is 10.0 Å². The van der Waals surface area contributed by atoms with E-state index in [1.54, 1.807) is 19.1 Å². The molecule has 0 aliphatic carbocycles. The standard InChI is InChI=1S/C12H9BrF2N2O2S/c1-7-3-2-4-16-12(7)17-20(18,19)11-9(13)5-8(14)6-10(11)15/h2-6H,1H3,(H,16,17). The Kier molecular flexibility index (Phi) is 4.05. The van der Waals surface area contributed by atoms with Gasteiger partial charge in [0.15, 0.2) is 0 Å². The third-order valence-electron chi connectivity index (χ3n) is 2.47. The topological polar surface area (TPSA) is 59.1 Å². The number of nitrogens with one attached hydrogen (secondary N) is 1. The number of aromatic nitrogens is 1. The molecule has 0 atom stereocenters. The molecule has 0 saturated heterocycles. The number of nitrogens with zero attached hydrogens (tertiary/aromatic N) is 1. The van der Waals surface area contributed by atoms with Crippen LogP contribution >= 0.6 is 15.9 Å². The maximum atomic E-state index is 13.7. The Balaban J connectivity index is 2.50. The molecule has 0 unspecified atom stereocenters. The molecule has 1 heterocycles. The van der Waals surface area contributed by atoms with Crippen LogP contribution in [0.2, 0.25) is 0 Å². The summed E-state index contributed by atoms with van der Waals surface area (Å²) in [5, 5.41) is 0. The summed E-state index contributed by atoms with van der Waals surface area (Å²) in [6, 6.07) is 4.68. The van der Waals surface area contributed by atoms with Crippen LogP contribution in [0.4, 0.5) is 14.6 Å². The Morgan fingerprint density at radius 2 is 2.00 bits per heavy atom. The fraction of sp³-hybridized carbons (Fsp3) is 0.0833. The second-order valence-electron chi connectivity index (χ2n) is 3.97. The van der Waals surface area contributed by atoms with Crippen LogP contribution in [0.1, 0.15) is 5.56 Å². The van der Waals surface area contributed by atoms with Crippen molar-refractivity contribution in [3.8, 4) is 0 Å². The molecule has 0 fully saturated rings. The molecule has 20 heavy (non-hydrogen) atoms. The van der Waals surface area contributed by atoms with E-state index in [9.17, 15) is 17.2 Å². The van der Waals surface area contributed by atoms with Crippen molar-refractivity contribution in [3.05, 3.63) is 52.1 Å². The maximum Gasteiger partial charge on any atom is 0.267 e. The van der Waals surface area contributed by atoms with Crippen LogP contribution in [0.5, 0.6) is 0 Å². The molecule has 0 saturated carbocycles. The van der Waals surface area contributed by atoms with E-state index in [1.165, 1.54) is 6.20 Å². The first kappa shape index (κ1) is 14.9. The Bertz CT molecular complexity index is 743. The summed E-state index contributed by atoms with van der Waals surface area (Å²) in [5.41, 5.74) is 0.578. The molecule has 0 amide bonds. The third-order valence-corrected chi connectivity index (χ3v) is 4.77. The number of halogens is 3. The number of benzene rings is 1. The highest BCUT2D eigenvalue weighted by molar-refractivity contribution is 9.10. The number of rotatable bonds is 3.